The first-order valence-electron chi connectivity index (χ1n) is 6.96. The predicted octanol–water partition coefficient (Wildman–Crippen LogP) is 3.83. The number of aromatic nitrogens is 1. The van der Waals surface area contributed by atoms with Crippen LogP contribution in [-0.4, -0.2) is 23.5 Å². The first-order chi connectivity index (χ1) is 9.25. The zero-order chi connectivity index (χ0) is 15.3. The van der Waals surface area contributed by atoms with Gasteiger partial charge in [-0.15, -0.1) is 0 Å². The van der Waals surface area contributed by atoms with Crippen LogP contribution in [0.1, 0.15) is 51.4 Å². The van der Waals surface area contributed by atoms with Gasteiger partial charge in [0, 0.05) is 23.3 Å². The van der Waals surface area contributed by atoms with Crippen LogP contribution in [0.3, 0.4) is 0 Å². The van der Waals surface area contributed by atoms with Crippen LogP contribution in [0.15, 0.2) is 16.7 Å². The van der Waals surface area contributed by atoms with Gasteiger partial charge in [0.15, 0.2) is 0 Å². The van der Waals surface area contributed by atoms with Crippen molar-refractivity contribution in [3.8, 4) is 0 Å². The summed E-state index contributed by atoms with van der Waals surface area (Å²) in [6.45, 7) is 11.2. The lowest BCUT2D eigenvalue weighted by atomic mass is 9.88. The highest BCUT2D eigenvalue weighted by Crippen LogP contribution is 2.21. The van der Waals surface area contributed by atoms with Gasteiger partial charge in [-0.05, 0) is 40.8 Å². The second-order valence-electron chi connectivity index (χ2n) is 6.04. The van der Waals surface area contributed by atoms with Gasteiger partial charge in [-0.2, -0.15) is 0 Å². The van der Waals surface area contributed by atoms with Gasteiger partial charge in [0.2, 0.25) is 0 Å². The standard InChI is InChI=1S/C15H24BrN3O/c1-6-7-17-13-12(8-11(16)9-18-13)14(20)19-10(2)15(3,4)5/h8-10H,6-7H2,1-5H3,(H,17,18)(H,19,20). The van der Waals surface area contributed by atoms with E-state index in [1.807, 2.05) is 6.92 Å². The lowest BCUT2D eigenvalue weighted by Crippen LogP contribution is -2.41. The summed E-state index contributed by atoms with van der Waals surface area (Å²) in [5, 5.41) is 6.23. The Labute approximate surface area is 129 Å². The average Bonchev–Trinajstić information content (AvgIpc) is 2.36. The number of nitrogens with one attached hydrogen (secondary N) is 2. The van der Waals surface area contributed by atoms with Gasteiger partial charge in [-0.25, -0.2) is 4.98 Å². The Kier molecular flexibility index (Phi) is 5.99. The number of nitrogens with zero attached hydrogens (tertiary/aromatic N) is 1. The SMILES string of the molecule is CCCNc1ncc(Br)cc1C(=O)NC(C)C(C)(C)C. The Balaban J connectivity index is 2.93. The maximum Gasteiger partial charge on any atom is 0.255 e. The molecule has 2 N–H and O–H groups in total. The number of hydrogen-bond donors (Lipinski definition) is 2. The summed E-state index contributed by atoms with van der Waals surface area (Å²) in [5.41, 5.74) is 0.593. The summed E-state index contributed by atoms with van der Waals surface area (Å²) in [4.78, 5) is 16.7. The molecule has 0 fully saturated rings. The zero-order valence-electron chi connectivity index (χ0n) is 12.9. The Morgan fingerprint density at radius 3 is 2.65 bits per heavy atom. The maximum absolute atomic E-state index is 12.4. The molecule has 0 aromatic carbocycles. The van der Waals surface area contributed by atoms with Crippen molar-refractivity contribution >= 4 is 27.7 Å². The molecule has 1 rings (SSSR count). The molecule has 0 spiro atoms. The van der Waals surface area contributed by atoms with Crippen molar-refractivity contribution in [2.45, 2.75) is 47.1 Å². The topological polar surface area (TPSA) is 54.0 Å². The summed E-state index contributed by atoms with van der Waals surface area (Å²) in [6.07, 6.45) is 2.68. The largest absolute Gasteiger partial charge is 0.369 e. The summed E-state index contributed by atoms with van der Waals surface area (Å²) in [5.74, 6) is 0.536. The third-order valence-electron chi connectivity index (χ3n) is 3.29. The number of carbonyl (C=O) groups excluding carboxylic acids is 1. The van der Waals surface area contributed by atoms with Gasteiger partial charge in [0.05, 0.1) is 5.56 Å². The van der Waals surface area contributed by atoms with Crippen molar-refractivity contribution in [2.24, 2.45) is 5.41 Å². The minimum Gasteiger partial charge on any atom is -0.369 e. The lowest BCUT2D eigenvalue weighted by molar-refractivity contribution is 0.0910. The van der Waals surface area contributed by atoms with Gasteiger partial charge < -0.3 is 10.6 Å². The number of anilines is 1. The van der Waals surface area contributed by atoms with E-state index in [9.17, 15) is 4.79 Å². The van der Waals surface area contributed by atoms with Crippen LogP contribution in [0.5, 0.6) is 0 Å². The van der Waals surface area contributed by atoms with E-state index in [1.165, 1.54) is 0 Å². The van der Waals surface area contributed by atoms with Gasteiger partial charge in [0.25, 0.3) is 5.91 Å². The molecule has 1 aromatic heterocycles. The Bertz CT molecular complexity index is 469. The molecule has 0 aliphatic rings. The third kappa shape index (κ3) is 4.78. The van der Waals surface area contributed by atoms with E-state index in [2.05, 4.69) is 59.2 Å². The zero-order valence-corrected chi connectivity index (χ0v) is 14.5. The summed E-state index contributed by atoms with van der Waals surface area (Å²) in [7, 11) is 0. The molecule has 0 saturated heterocycles. The van der Waals surface area contributed by atoms with Gasteiger partial charge >= 0.3 is 0 Å². The number of pyridine rings is 1. The van der Waals surface area contributed by atoms with E-state index in [0.717, 1.165) is 17.4 Å². The molecule has 4 nitrogen and oxygen atoms in total. The minimum atomic E-state index is -0.0974. The molecule has 112 valence electrons. The van der Waals surface area contributed by atoms with Crippen molar-refractivity contribution in [3.63, 3.8) is 0 Å². The molecule has 5 heteroatoms. The number of hydrogen-bond acceptors (Lipinski definition) is 3. The van der Waals surface area contributed by atoms with E-state index in [0.29, 0.717) is 11.4 Å². The third-order valence-corrected chi connectivity index (χ3v) is 3.72. The van der Waals surface area contributed by atoms with Crippen LogP contribution in [0.4, 0.5) is 5.82 Å². The van der Waals surface area contributed by atoms with Gasteiger partial charge in [0.1, 0.15) is 5.82 Å². The van der Waals surface area contributed by atoms with Crippen molar-refractivity contribution in [2.75, 3.05) is 11.9 Å². The molecule has 0 saturated carbocycles. The molecule has 1 unspecified atom stereocenters. The molecule has 0 bridgehead atoms. The maximum atomic E-state index is 12.4. The molecule has 0 aliphatic carbocycles. The predicted molar refractivity (Wildman–Crippen MR) is 87.1 cm³/mol. The molecule has 1 atom stereocenters. The smallest absolute Gasteiger partial charge is 0.255 e. The number of carbonyl (C=O) groups is 1. The van der Waals surface area contributed by atoms with Gasteiger partial charge in [-0.3, -0.25) is 4.79 Å². The fraction of sp³-hybridized carbons (Fsp3) is 0.600. The Morgan fingerprint density at radius 1 is 1.45 bits per heavy atom. The van der Waals surface area contributed by atoms with E-state index >= 15 is 0 Å². The molecule has 1 amide bonds. The van der Waals surface area contributed by atoms with E-state index in [-0.39, 0.29) is 17.4 Å². The molecule has 1 aromatic rings. The quantitative estimate of drug-likeness (QED) is 0.855. The molecule has 0 radical (unpaired) electrons. The molecule has 1 heterocycles. The van der Waals surface area contributed by atoms with Gasteiger partial charge in [-0.1, -0.05) is 27.7 Å². The Hall–Kier alpha value is -1.10. The number of amides is 1. The second kappa shape index (κ2) is 7.07. The number of halogens is 1. The van der Waals surface area contributed by atoms with Crippen molar-refractivity contribution in [3.05, 3.63) is 22.3 Å². The van der Waals surface area contributed by atoms with Crippen LogP contribution in [0.25, 0.3) is 0 Å². The van der Waals surface area contributed by atoms with Crippen LogP contribution < -0.4 is 10.6 Å². The first kappa shape index (κ1) is 17.0. The van der Waals surface area contributed by atoms with Crippen LogP contribution in [-0.2, 0) is 0 Å². The highest BCUT2D eigenvalue weighted by Gasteiger charge is 2.23. The monoisotopic (exact) mass is 341 g/mol. The summed E-state index contributed by atoms with van der Waals surface area (Å²) >= 11 is 3.37. The summed E-state index contributed by atoms with van der Waals surface area (Å²) in [6, 6.07) is 1.88. The highest BCUT2D eigenvalue weighted by atomic mass is 79.9. The van der Waals surface area contributed by atoms with Crippen LogP contribution in [0.2, 0.25) is 0 Å². The normalized spacial score (nSPS) is 12.9. The fourth-order valence-electron chi connectivity index (χ4n) is 1.49. The minimum absolute atomic E-state index is 0.0200. The van der Waals surface area contributed by atoms with Crippen LogP contribution in [0, 0.1) is 5.41 Å². The highest BCUT2D eigenvalue weighted by molar-refractivity contribution is 9.10. The lowest BCUT2D eigenvalue weighted by Gasteiger charge is -2.28. The second-order valence-corrected chi connectivity index (χ2v) is 6.95. The molecular formula is C15H24BrN3O. The van der Waals surface area contributed by atoms with E-state index in [4.69, 9.17) is 0 Å². The van der Waals surface area contributed by atoms with E-state index in [1.54, 1.807) is 12.3 Å². The Morgan fingerprint density at radius 2 is 2.10 bits per heavy atom. The van der Waals surface area contributed by atoms with Crippen molar-refractivity contribution < 1.29 is 4.79 Å². The molecular weight excluding hydrogens is 318 g/mol. The van der Waals surface area contributed by atoms with E-state index < -0.39 is 0 Å². The average molecular weight is 342 g/mol. The van der Waals surface area contributed by atoms with Crippen molar-refractivity contribution in [1.29, 1.82) is 0 Å². The van der Waals surface area contributed by atoms with Crippen LogP contribution >= 0.6 is 15.9 Å². The summed E-state index contributed by atoms with van der Waals surface area (Å²) < 4.78 is 0.799. The van der Waals surface area contributed by atoms with Crippen molar-refractivity contribution in [1.82, 2.24) is 10.3 Å². The molecule has 0 aliphatic heterocycles. The fourth-order valence-corrected chi connectivity index (χ4v) is 1.82. The first-order valence-corrected chi connectivity index (χ1v) is 7.75. The molecule has 20 heavy (non-hydrogen) atoms. The number of rotatable bonds is 5.